The molecule has 0 atom stereocenters. The number of methoxy groups -OCH3 is 1. The van der Waals surface area contributed by atoms with E-state index >= 15 is 0 Å². The molecule has 5 nitrogen and oxygen atoms in total. The highest BCUT2D eigenvalue weighted by atomic mass is 32.1. The van der Waals surface area contributed by atoms with Crippen LogP contribution in [0, 0.1) is 0 Å². The quantitative estimate of drug-likeness (QED) is 0.401. The third-order valence-corrected chi connectivity index (χ3v) is 3.75. The van der Waals surface area contributed by atoms with Crippen molar-refractivity contribution in [2.24, 2.45) is 4.99 Å². The Bertz CT molecular complexity index is 682. The molecule has 24 heavy (non-hydrogen) atoms. The van der Waals surface area contributed by atoms with Crippen LogP contribution < -0.4 is 5.32 Å². The molecule has 6 heteroatoms. The fourth-order valence-electron chi connectivity index (χ4n) is 1.73. The summed E-state index contributed by atoms with van der Waals surface area (Å²) in [6.45, 7) is 11.4. The third kappa shape index (κ3) is 6.04. The van der Waals surface area contributed by atoms with Crippen LogP contribution in [0.5, 0.6) is 0 Å². The lowest BCUT2D eigenvalue weighted by Crippen LogP contribution is -2.09. The summed E-state index contributed by atoms with van der Waals surface area (Å²) >= 11 is 1.52. The maximum atomic E-state index is 10.0. The monoisotopic (exact) mass is 347 g/mol. The molecule has 0 aliphatic carbocycles. The molecular formula is C18H25N3O2S. The Kier molecular flexibility index (Phi) is 7.98. The molecule has 0 amide bonds. The number of aliphatic hydroxyl groups excluding tert-OH is 1. The smallest absolute Gasteiger partial charge is 0.183 e. The number of aromatic nitrogens is 1. The molecular weight excluding hydrogens is 322 g/mol. The largest absolute Gasteiger partial charge is 0.508 e. The number of aliphatic imine (C=N–C) groups is 1. The fourth-order valence-corrected chi connectivity index (χ4v) is 2.53. The van der Waals surface area contributed by atoms with Crippen molar-refractivity contribution in [3.05, 3.63) is 58.7 Å². The van der Waals surface area contributed by atoms with E-state index in [0.717, 1.165) is 10.8 Å². The minimum absolute atomic E-state index is 0.109. The fraction of sp³-hybridized carbons (Fsp3) is 0.333. The van der Waals surface area contributed by atoms with Gasteiger partial charge in [0, 0.05) is 23.1 Å². The summed E-state index contributed by atoms with van der Waals surface area (Å²) < 4.78 is 5.18. The summed E-state index contributed by atoms with van der Waals surface area (Å²) in [6.07, 6.45) is 6.56. The highest BCUT2D eigenvalue weighted by Crippen LogP contribution is 2.19. The van der Waals surface area contributed by atoms with Gasteiger partial charge in [0.1, 0.15) is 5.76 Å². The van der Waals surface area contributed by atoms with Crippen LogP contribution in [0.3, 0.4) is 0 Å². The van der Waals surface area contributed by atoms with E-state index in [1.54, 1.807) is 38.5 Å². The number of anilines is 1. The normalized spacial score (nSPS) is 14.1. The van der Waals surface area contributed by atoms with Crippen LogP contribution in [0.4, 0.5) is 5.13 Å². The van der Waals surface area contributed by atoms with E-state index < -0.39 is 0 Å². The minimum Gasteiger partial charge on any atom is -0.508 e. The lowest BCUT2D eigenvalue weighted by atomic mass is 10.1. The number of hydrogen-bond donors (Lipinski definition) is 2. The average molecular weight is 347 g/mol. The topological polar surface area (TPSA) is 66.7 Å². The highest BCUT2D eigenvalue weighted by molar-refractivity contribution is 7.13. The van der Waals surface area contributed by atoms with E-state index in [2.05, 4.69) is 35.7 Å². The van der Waals surface area contributed by atoms with E-state index in [4.69, 9.17) is 4.74 Å². The predicted molar refractivity (Wildman–Crippen MR) is 103 cm³/mol. The number of thiazole rings is 1. The third-order valence-electron chi connectivity index (χ3n) is 2.96. The molecule has 0 aliphatic heterocycles. The standard InChI is InChI=1S/C18H25N3O2S/c1-7-15(17(22)8-2)16(9-13(5)23-6)19-10-14-11-24-18(21-14)20-12(3)4/h7-12,22H,1H2,2-6H3,(H,20,21)/b13-9+,16-15-,17-8+,19-10?. The van der Waals surface area contributed by atoms with Gasteiger partial charge >= 0.3 is 0 Å². The van der Waals surface area contributed by atoms with Gasteiger partial charge < -0.3 is 15.2 Å². The van der Waals surface area contributed by atoms with Crippen molar-refractivity contribution >= 4 is 22.7 Å². The van der Waals surface area contributed by atoms with E-state index in [1.165, 1.54) is 11.3 Å². The second-order valence-electron chi connectivity index (χ2n) is 5.27. The molecule has 0 saturated heterocycles. The number of allylic oxidation sites excluding steroid dienone is 4. The first-order valence-electron chi connectivity index (χ1n) is 7.62. The van der Waals surface area contributed by atoms with Gasteiger partial charge in [0.05, 0.1) is 30.5 Å². The van der Waals surface area contributed by atoms with Gasteiger partial charge in [0.25, 0.3) is 0 Å². The molecule has 1 aromatic rings. The van der Waals surface area contributed by atoms with Crippen LogP contribution in [0.15, 0.2) is 58.0 Å². The zero-order valence-electron chi connectivity index (χ0n) is 14.8. The van der Waals surface area contributed by atoms with Gasteiger partial charge in [-0.25, -0.2) is 4.98 Å². The van der Waals surface area contributed by atoms with Crippen LogP contribution >= 0.6 is 11.3 Å². The summed E-state index contributed by atoms with van der Waals surface area (Å²) in [6, 6.07) is 0.322. The molecule has 0 saturated carbocycles. The van der Waals surface area contributed by atoms with E-state index in [-0.39, 0.29) is 5.76 Å². The number of aliphatic hydroxyl groups is 1. The first-order valence-corrected chi connectivity index (χ1v) is 8.50. The van der Waals surface area contributed by atoms with Crippen molar-refractivity contribution in [2.75, 3.05) is 12.4 Å². The lowest BCUT2D eigenvalue weighted by Gasteiger charge is -2.06. The molecule has 0 fully saturated rings. The van der Waals surface area contributed by atoms with Crippen LogP contribution in [-0.2, 0) is 4.74 Å². The summed E-state index contributed by atoms with van der Waals surface area (Å²) in [5.74, 6) is 0.781. The second kappa shape index (κ2) is 9.72. The molecule has 0 aliphatic rings. The molecule has 0 bridgehead atoms. The Labute approximate surface area is 147 Å². The Hall–Kier alpha value is -2.34. The molecule has 0 aromatic carbocycles. The zero-order chi connectivity index (χ0) is 18.1. The molecule has 1 rings (SSSR count). The molecule has 1 heterocycles. The Morgan fingerprint density at radius 3 is 2.75 bits per heavy atom. The number of rotatable bonds is 8. The molecule has 130 valence electrons. The number of hydrogen-bond acceptors (Lipinski definition) is 6. The summed E-state index contributed by atoms with van der Waals surface area (Å²) in [4.78, 5) is 8.91. The van der Waals surface area contributed by atoms with Gasteiger partial charge in [-0.1, -0.05) is 12.7 Å². The number of nitrogens with one attached hydrogen (secondary N) is 1. The Morgan fingerprint density at radius 1 is 1.50 bits per heavy atom. The van der Waals surface area contributed by atoms with Gasteiger partial charge in [-0.15, -0.1) is 11.3 Å². The molecule has 0 spiro atoms. The summed E-state index contributed by atoms with van der Waals surface area (Å²) in [7, 11) is 1.58. The molecule has 0 unspecified atom stereocenters. The van der Waals surface area contributed by atoms with Crippen molar-refractivity contribution in [1.82, 2.24) is 4.98 Å². The molecule has 0 radical (unpaired) electrons. The maximum Gasteiger partial charge on any atom is 0.183 e. The Balaban J connectivity index is 3.19. The van der Waals surface area contributed by atoms with Crippen LogP contribution in [0.25, 0.3) is 0 Å². The van der Waals surface area contributed by atoms with E-state index in [0.29, 0.717) is 23.1 Å². The maximum absolute atomic E-state index is 10.0. The van der Waals surface area contributed by atoms with Gasteiger partial charge in [-0.05, 0) is 33.8 Å². The van der Waals surface area contributed by atoms with Gasteiger partial charge in [-0.2, -0.15) is 0 Å². The highest BCUT2D eigenvalue weighted by Gasteiger charge is 2.07. The molecule has 1 aromatic heterocycles. The van der Waals surface area contributed by atoms with Crippen molar-refractivity contribution in [1.29, 1.82) is 0 Å². The first kappa shape index (κ1) is 19.7. The minimum atomic E-state index is 0.109. The van der Waals surface area contributed by atoms with Crippen LogP contribution in [-0.4, -0.2) is 29.5 Å². The van der Waals surface area contributed by atoms with E-state index in [1.807, 2.05) is 12.3 Å². The summed E-state index contributed by atoms with van der Waals surface area (Å²) in [5, 5.41) is 16.1. The Morgan fingerprint density at radius 2 is 2.21 bits per heavy atom. The van der Waals surface area contributed by atoms with Gasteiger partial charge in [0.15, 0.2) is 5.13 Å². The van der Waals surface area contributed by atoms with Crippen molar-refractivity contribution in [3.63, 3.8) is 0 Å². The average Bonchev–Trinajstić information content (AvgIpc) is 2.99. The van der Waals surface area contributed by atoms with Gasteiger partial charge in [-0.3, -0.25) is 4.99 Å². The number of ether oxygens (including phenoxy) is 1. The second-order valence-corrected chi connectivity index (χ2v) is 6.13. The van der Waals surface area contributed by atoms with Gasteiger partial charge in [0.2, 0.25) is 0 Å². The molecule has 2 N–H and O–H groups in total. The predicted octanol–water partition coefficient (Wildman–Crippen LogP) is 4.83. The SMILES string of the molecule is C=CC(=C(\C=C(/C)OC)N=Cc1csc(NC(C)C)n1)/C(O)=C\C. The van der Waals surface area contributed by atoms with Crippen molar-refractivity contribution in [2.45, 2.75) is 33.7 Å². The van der Waals surface area contributed by atoms with Crippen LogP contribution in [0.1, 0.15) is 33.4 Å². The van der Waals surface area contributed by atoms with E-state index in [9.17, 15) is 5.11 Å². The zero-order valence-corrected chi connectivity index (χ0v) is 15.6. The van der Waals surface area contributed by atoms with Crippen LogP contribution in [0.2, 0.25) is 0 Å². The van der Waals surface area contributed by atoms with Crippen molar-refractivity contribution < 1.29 is 9.84 Å². The first-order chi connectivity index (χ1) is 11.4. The number of nitrogens with zero attached hydrogens (tertiary/aromatic N) is 2. The summed E-state index contributed by atoms with van der Waals surface area (Å²) in [5.41, 5.74) is 1.82. The van der Waals surface area contributed by atoms with Crippen molar-refractivity contribution in [3.8, 4) is 0 Å². The lowest BCUT2D eigenvalue weighted by molar-refractivity contribution is 0.293.